The van der Waals surface area contributed by atoms with Crippen molar-refractivity contribution in [2.45, 2.75) is 17.3 Å². The largest absolute Gasteiger partial charge is 0.497 e. The Hall–Kier alpha value is -2.86. The average Bonchev–Trinajstić information content (AvgIpc) is 3.11. The molecule has 4 rings (SSSR count). The van der Waals surface area contributed by atoms with Gasteiger partial charge in [0.15, 0.2) is 5.50 Å². The van der Waals surface area contributed by atoms with Crippen molar-refractivity contribution in [1.29, 1.82) is 0 Å². The molecule has 1 atom stereocenters. The summed E-state index contributed by atoms with van der Waals surface area (Å²) < 4.78 is 18.7. The minimum Gasteiger partial charge on any atom is -0.497 e. The molecule has 1 unspecified atom stereocenters. The highest BCUT2D eigenvalue weighted by Gasteiger charge is 2.28. The van der Waals surface area contributed by atoms with E-state index in [0.29, 0.717) is 0 Å². The van der Waals surface area contributed by atoms with Gasteiger partial charge in [0, 0.05) is 17.8 Å². The second kappa shape index (κ2) is 6.80. The van der Waals surface area contributed by atoms with Crippen molar-refractivity contribution in [3.05, 3.63) is 66.4 Å². The molecule has 2 N–H and O–H groups in total. The van der Waals surface area contributed by atoms with Crippen LogP contribution in [0.3, 0.4) is 0 Å². The van der Waals surface area contributed by atoms with Crippen LogP contribution in [-0.4, -0.2) is 21.8 Å². The number of benzene rings is 2. The van der Waals surface area contributed by atoms with E-state index >= 15 is 0 Å². The number of methoxy groups -OCH3 is 1. The molecular formula is C20H19N3O2S. The van der Waals surface area contributed by atoms with Crippen LogP contribution < -0.4 is 15.4 Å². The van der Waals surface area contributed by atoms with Crippen LogP contribution in [0.15, 0.2) is 65.7 Å². The molecule has 1 aliphatic heterocycles. The highest BCUT2D eigenvalue weighted by atomic mass is 32.2. The van der Waals surface area contributed by atoms with Gasteiger partial charge in [-0.1, -0.05) is 30.3 Å². The summed E-state index contributed by atoms with van der Waals surface area (Å²) in [4.78, 5) is 5.22. The van der Waals surface area contributed by atoms with Gasteiger partial charge < -0.3 is 15.4 Å². The fourth-order valence-corrected chi connectivity index (χ4v) is 4.56. The monoisotopic (exact) mass is 365 g/mol. The lowest BCUT2D eigenvalue weighted by molar-refractivity contribution is 0.414. The number of ether oxygens (including phenoxy) is 1. The Morgan fingerprint density at radius 2 is 1.77 bits per heavy atom. The van der Waals surface area contributed by atoms with E-state index in [9.17, 15) is 4.21 Å². The molecule has 0 saturated heterocycles. The van der Waals surface area contributed by atoms with Crippen molar-refractivity contribution >= 4 is 22.2 Å². The van der Waals surface area contributed by atoms with E-state index in [2.05, 4.69) is 15.6 Å². The maximum absolute atomic E-state index is 13.4. The first-order chi connectivity index (χ1) is 12.7. The zero-order valence-corrected chi connectivity index (χ0v) is 15.3. The number of aromatic nitrogens is 1. The summed E-state index contributed by atoms with van der Waals surface area (Å²) in [5, 5.41) is 6.61. The van der Waals surface area contributed by atoms with Crippen molar-refractivity contribution in [3.63, 3.8) is 0 Å². The fraction of sp³-hybridized carbons (Fsp3) is 0.150. The summed E-state index contributed by atoms with van der Waals surface area (Å²) in [7, 11) is 0.303. The van der Waals surface area contributed by atoms with E-state index in [4.69, 9.17) is 4.74 Å². The lowest BCUT2D eigenvalue weighted by Crippen LogP contribution is -2.28. The number of aryl methyl sites for hydroxylation is 1. The first kappa shape index (κ1) is 16.6. The van der Waals surface area contributed by atoms with Crippen LogP contribution in [0.5, 0.6) is 5.75 Å². The van der Waals surface area contributed by atoms with Crippen molar-refractivity contribution in [3.8, 4) is 17.0 Å². The fourth-order valence-electron chi connectivity index (χ4n) is 3.08. The third kappa shape index (κ3) is 2.93. The van der Waals surface area contributed by atoms with Crippen LogP contribution in [0.25, 0.3) is 11.3 Å². The summed E-state index contributed by atoms with van der Waals surface area (Å²) in [6.45, 7) is 1.97. The second-order valence-corrected chi connectivity index (χ2v) is 7.52. The maximum atomic E-state index is 13.4. The summed E-state index contributed by atoms with van der Waals surface area (Å²) in [5.41, 5.74) is 4.08. The highest BCUT2D eigenvalue weighted by molar-refractivity contribution is 7.86. The van der Waals surface area contributed by atoms with E-state index in [1.807, 2.05) is 55.5 Å². The third-order valence-corrected chi connectivity index (χ3v) is 5.98. The maximum Gasteiger partial charge on any atom is 0.180 e. The Morgan fingerprint density at radius 1 is 1.04 bits per heavy atom. The molecule has 0 spiro atoms. The van der Waals surface area contributed by atoms with Crippen molar-refractivity contribution in [2.24, 2.45) is 0 Å². The molecule has 2 aromatic carbocycles. The third-order valence-electron chi connectivity index (χ3n) is 4.37. The molecule has 1 aliphatic rings. The van der Waals surface area contributed by atoms with E-state index in [0.717, 1.165) is 38.8 Å². The van der Waals surface area contributed by atoms with E-state index in [1.165, 1.54) is 0 Å². The topological polar surface area (TPSA) is 63.2 Å². The average molecular weight is 365 g/mol. The Labute approximate surface area is 154 Å². The Kier molecular flexibility index (Phi) is 4.34. The van der Waals surface area contributed by atoms with Gasteiger partial charge in [-0.15, -0.1) is 0 Å². The SMILES string of the molecule is COc1ccnc(-c2cccc(C)c2S(=O)C2Nc3ccccc3N2)c1. The first-order valence-corrected chi connectivity index (χ1v) is 9.51. The van der Waals surface area contributed by atoms with Gasteiger partial charge in [0.1, 0.15) is 5.75 Å². The van der Waals surface area contributed by atoms with Crippen LogP contribution in [0.4, 0.5) is 11.4 Å². The lowest BCUT2D eigenvalue weighted by Gasteiger charge is -2.17. The number of anilines is 2. The van der Waals surface area contributed by atoms with Gasteiger partial charge in [-0.25, -0.2) is 0 Å². The molecule has 0 radical (unpaired) electrons. The lowest BCUT2D eigenvalue weighted by atomic mass is 10.1. The van der Waals surface area contributed by atoms with Crippen LogP contribution in [-0.2, 0) is 10.8 Å². The van der Waals surface area contributed by atoms with Crippen LogP contribution in [0.1, 0.15) is 5.56 Å². The molecule has 132 valence electrons. The van der Waals surface area contributed by atoms with Crippen molar-refractivity contribution in [1.82, 2.24) is 4.98 Å². The van der Waals surface area contributed by atoms with Gasteiger partial charge in [0.25, 0.3) is 0 Å². The summed E-state index contributed by atoms with van der Waals surface area (Å²) >= 11 is 0. The molecule has 3 aromatic rings. The van der Waals surface area contributed by atoms with Gasteiger partial charge in [0.05, 0.1) is 39.9 Å². The predicted molar refractivity (Wildman–Crippen MR) is 105 cm³/mol. The van der Waals surface area contributed by atoms with Crippen molar-refractivity contribution < 1.29 is 8.95 Å². The number of pyridine rings is 1. The normalized spacial score (nSPS) is 14.2. The number of hydrogen-bond acceptors (Lipinski definition) is 5. The zero-order valence-electron chi connectivity index (χ0n) is 14.5. The predicted octanol–water partition coefficient (Wildman–Crippen LogP) is 3.99. The molecule has 5 nitrogen and oxygen atoms in total. The van der Waals surface area contributed by atoms with E-state index in [1.54, 1.807) is 19.4 Å². The van der Waals surface area contributed by atoms with Crippen molar-refractivity contribution in [2.75, 3.05) is 17.7 Å². The Balaban J connectivity index is 1.74. The minimum absolute atomic E-state index is 0.391. The molecule has 0 fully saturated rings. The summed E-state index contributed by atoms with van der Waals surface area (Å²) in [6, 6.07) is 17.4. The molecule has 0 saturated carbocycles. The van der Waals surface area contributed by atoms with E-state index in [-0.39, 0.29) is 0 Å². The number of nitrogens with zero attached hydrogens (tertiary/aromatic N) is 1. The molecular weight excluding hydrogens is 346 g/mol. The highest BCUT2D eigenvalue weighted by Crippen LogP contribution is 2.35. The van der Waals surface area contributed by atoms with Crippen LogP contribution in [0.2, 0.25) is 0 Å². The summed E-state index contributed by atoms with van der Waals surface area (Å²) in [5.74, 6) is 0.720. The first-order valence-electron chi connectivity index (χ1n) is 8.30. The Morgan fingerprint density at radius 3 is 2.46 bits per heavy atom. The number of nitrogens with one attached hydrogen (secondary N) is 2. The van der Waals surface area contributed by atoms with Crippen LogP contribution in [0, 0.1) is 6.92 Å². The van der Waals surface area contributed by atoms with Gasteiger partial charge in [-0.05, 0) is 30.7 Å². The smallest absolute Gasteiger partial charge is 0.180 e. The molecule has 1 aromatic heterocycles. The molecule has 0 aliphatic carbocycles. The second-order valence-electron chi connectivity index (χ2n) is 6.04. The number of rotatable bonds is 4. The van der Waals surface area contributed by atoms with Gasteiger partial charge >= 0.3 is 0 Å². The molecule has 2 heterocycles. The summed E-state index contributed by atoms with van der Waals surface area (Å²) in [6.07, 6.45) is 1.70. The Bertz CT molecular complexity index is 965. The van der Waals surface area contributed by atoms with E-state index < -0.39 is 16.3 Å². The molecule has 0 amide bonds. The molecule has 26 heavy (non-hydrogen) atoms. The van der Waals surface area contributed by atoms with Gasteiger partial charge in [0.2, 0.25) is 0 Å². The quantitative estimate of drug-likeness (QED) is 0.732. The zero-order chi connectivity index (χ0) is 18.1. The molecule has 0 bridgehead atoms. The number of para-hydroxylation sites is 2. The number of hydrogen-bond donors (Lipinski definition) is 2. The van der Waals surface area contributed by atoms with Crippen LogP contribution >= 0.6 is 0 Å². The standard InChI is InChI=1S/C20H19N3O2S/c1-13-6-5-7-15(18-12-14(25-2)10-11-21-18)19(13)26(24)20-22-16-8-3-4-9-17(16)23-20/h3-12,20,22-23H,1-2H3. The number of fused-ring (bicyclic) bond motifs is 1. The minimum atomic E-state index is -1.32. The van der Waals surface area contributed by atoms with Gasteiger partial charge in [-0.2, -0.15) is 0 Å². The van der Waals surface area contributed by atoms with Gasteiger partial charge in [-0.3, -0.25) is 9.19 Å². The molecule has 6 heteroatoms.